The first-order chi connectivity index (χ1) is 29.8. The van der Waals surface area contributed by atoms with Gasteiger partial charge in [-0.25, -0.2) is 9.59 Å². The van der Waals surface area contributed by atoms with Crippen molar-refractivity contribution >= 4 is 11.9 Å². The van der Waals surface area contributed by atoms with Gasteiger partial charge in [-0.1, -0.05) is 96.1 Å². The topological polar surface area (TPSA) is 184 Å². The Morgan fingerprint density at radius 3 is 1.97 bits per heavy atom. The third-order valence-corrected chi connectivity index (χ3v) is 10.3. The largest absolute Gasteiger partial charge is 0.497 e. The van der Waals surface area contributed by atoms with E-state index in [1.54, 1.807) is 63.4 Å². The zero-order chi connectivity index (χ0) is 42.7. The van der Waals surface area contributed by atoms with Crippen molar-refractivity contribution in [3.63, 3.8) is 0 Å². The van der Waals surface area contributed by atoms with Gasteiger partial charge < -0.3 is 52.1 Å². The van der Waals surface area contributed by atoms with Crippen molar-refractivity contribution in [3.05, 3.63) is 148 Å². The first-order valence-corrected chi connectivity index (χ1v) is 20.0. The van der Waals surface area contributed by atoms with Crippen LogP contribution in [0.15, 0.2) is 120 Å². The van der Waals surface area contributed by atoms with Gasteiger partial charge in [-0.15, -0.1) is 0 Å². The number of rotatable bonds is 16. The summed E-state index contributed by atoms with van der Waals surface area (Å²) < 4.78 is 68.5. The van der Waals surface area contributed by atoms with Gasteiger partial charge in [0.15, 0.2) is 31.1 Å². The van der Waals surface area contributed by atoms with Crippen molar-refractivity contribution in [2.24, 2.45) is 5.11 Å². The van der Waals surface area contributed by atoms with Crippen LogP contribution in [-0.2, 0) is 65.4 Å². The molecule has 4 aromatic rings. The van der Waals surface area contributed by atoms with Gasteiger partial charge in [0.05, 0.1) is 45.7 Å². The van der Waals surface area contributed by atoms with Crippen LogP contribution in [0, 0.1) is 0 Å². The lowest BCUT2D eigenvalue weighted by atomic mass is 9.94. The summed E-state index contributed by atoms with van der Waals surface area (Å²) in [4.78, 5) is 30.7. The highest BCUT2D eigenvalue weighted by atomic mass is 16.8. The number of ether oxygens (including phenoxy) is 11. The molecule has 0 bridgehead atoms. The van der Waals surface area contributed by atoms with E-state index in [9.17, 15) is 15.1 Å². The number of carbonyl (C=O) groups excluding carboxylic acids is 2. The number of methoxy groups -OCH3 is 2. The third kappa shape index (κ3) is 10.7. The van der Waals surface area contributed by atoms with Crippen molar-refractivity contribution in [1.29, 1.82) is 0 Å². The fourth-order valence-corrected chi connectivity index (χ4v) is 7.39. The summed E-state index contributed by atoms with van der Waals surface area (Å²) in [6.07, 6.45) is -12.1. The van der Waals surface area contributed by atoms with Crippen LogP contribution < -0.4 is 4.74 Å². The summed E-state index contributed by atoms with van der Waals surface area (Å²) in [5.41, 5.74) is 12.6. The maximum Gasteiger partial charge on any atom is 0.338 e. The molecule has 0 spiro atoms. The standard InChI is InChI=1S/C45H49N3O13/c1-27(2)56-45-40(58-41(49)30-18-12-7-13-19-30)37(54-25-29-16-10-6-11-17-29)38(39(61-45)42(50)52-4)60-44-34(47-48-46)36(53-24-28-14-8-5-9-15-28)35-33(57-44)26-55-43(59-35)31-20-22-32(51-3)23-21-31/h5-23,27,33-40,43-45H,24-26H2,1-4H3/t33-,34-,35-,36-,37+,38+,39-,40-,43-,44-,45-/m1/s1. The molecule has 4 aromatic carbocycles. The molecule has 3 fully saturated rings. The van der Waals surface area contributed by atoms with Gasteiger partial charge in [0.1, 0.15) is 42.3 Å². The summed E-state index contributed by atoms with van der Waals surface area (Å²) in [6.45, 7) is 3.68. The molecule has 0 aromatic heterocycles. The molecule has 0 amide bonds. The summed E-state index contributed by atoms with van der Waals surface area (Å²) >= 11 is 0. The normalized spacial score (nSPS) is 28.5. The SMILES string of the molecule is COC(=O)[C@@H]1O[C@@H](OC(C)C)[C@H](OC(=O)c2ccccc2)[C@@H](OCc2ccccc2)[C@@H]1O[C@H]1O[C@@H]2CO[C@@H](c3ccc(OC)cc3)O[C@H]2[C@H](OCc2ccccc2)[C@H]1N=[N+]=[N-]. The van der Waals surface area contributed by atoms with E-state index in [-0.39, 0.29) is 25.4 Å². The highest BCUT2D eigenvalue weighted by Crippen LogP contribution is 2.40. The van der Waals surface area contributed by atoms with Gasteiger partial charge in [-0.2, -0.15) is 0 Å². The molecule has 7 rings (SSSR count). The van der Waals surface area contributed by atoms with Gasteiger partial charge in [-0.05, 0) is 54.8 Å². The van der Waals surface area contributed by atoms with E-state index < -0.39 is 85.7 Å². The smallest absolute Gasteiger partial charge is 0.338 e. The van der Waals surface area contributed by atoms with Crippen LogP contribution in [-0.4, -0.2) is 100 Å². The number of benzene rings is 4. The Morgan fingerprint density at radius 1 is 0.754 bits per heavy atom. The van der Waals surface area contributed by atoms with Gasteiger partial charge in [0.25, 0.3) is 0 Å². The lowest BCUT2D eigenvalue weighted by Crippen LogP contribution is -2.67. The molecule has 0 radical (unpaired) electrons. The molecule has 3 saturated heterocycles. The highest BCUT2D eigenvalue weighted by Gasteiger charge is 2.57. The number of azide groups is 1. The quantitative estimate of drug-likeness (QED) is 0.0508. The first kappa shape index (κ1) is 43.7. The minimum atomic E-state index is -1.52. The molecule has 61 heavy (non-hydrogen) atoms. The zero-order valence-corrected chi connectivity index (χ0v) is 34.2. The summed E-state index contributed by atoms with van der Waals surface area (Å²) in [6, 6.07) is 33.2. The van der Waals surface area contributed by atoms with Crippen molar-refractivity contribution in [2.75, 3.05) is 20.8 Å². The Kier molecular flexibility index (Phi) is 15.0. The minimum absolute atomic E-state index is 0.000283. The van der Waals surface area contributed by atoms with Crippen LogP contribution in [0.2, 0.25) is 0 Å². The molecule has 11 atom stereocenters. The number of esters is 2. The zero-order valence-electron chi connectivity index (χ0n) is 34.2. The maximum atomic E-state index is 13.8. The third-order valence-electron chi connectivity index (χ3n) is 10.3. The number of carbonyl (C=O) groups is 2. The Balaban J connectivity index is 1.26. The predicted octanol–water partition coefficient (Wildman–Crippen LogP) is 6.62. The monoisotopic (exact) mass is 839 g/mol. The second-order valence-electron chi connectivity index (χ2n) is 14.8. The molecule has 3 heterocycles. The summed E-state index contributed by atoms with van der Waals surface area (Å²) in [5, 5.41) is 4.17. The molecule has 0 unspecified atom stereocenters. The van der Waals surface area contributed by atoms with Gasteiger partial charge in [0.2, 0.25) is 0 Å². The Hall–Kier alpha value is -5.39. The average molecular weight is 840 g/mol. The molecule has 0 N–H and O–H groups in total. The Morgan fingerprint density at radius 2 is 1.38 bits per heavy atom. The van der Waals surface area contributed by atoms with Crippen molar-refractivity contribution in [1.82, 2.24) is 0 Å². The molecule has 0 saturated carbocycles. The van der Waals surface area contributed by atoms with Gasteiger partial charge in [-0.3, -0.25) is 0 Å². The fraction of sp³-hybridized carbons (Fsp3) is 0.422. The fourth-order valence-electron chi connectivity index (χ4n) is 7.39. The second-order valence-corrected chi connectivity index (χ2v) is 14.8. The average Bonchev–Trinajstić information content (AvgIpc) is 3.29. The molecular weight excluding hydrogens is 791 g/mol. The van der Waals surface area contributed by atoms with Gasteiger partial charge >= 0.3 is 11.9 Å². The molecular formula is C45H49N3O13. The van der Waals surface area contributed by atoms with E-state index in [4.69, 9.17) is 52.1 Å². The van der Waals surface area contributed by atoms with E-state index in [1.165, 1.54) is 7.11 Å². The molecule has 16 heteroatoms. The highest BCUT2D eigenvalue weighted by molar-refractivity contribution is 5.89. The first-order valence-electron chi connectivity index (χ1n) is 20.0. The molecule has 322 valence electrons. The van der Waals surface area contributed by atoms with Crippen molar-refractivity contribution in [3.8, 4) is 5.75 Å². The van der Waals surface area contributed by atoms with E-state index in [1.807, 2.05) is 72.8 Å². The number of hydrogen-bond acceptors (Lipinski definition) is 14. The summed E-state index contributed by atoms with van der Waals surface area (Å²) in [7, 11) is 2.78. The molecule has 0 aliphatic carbocycles. The molecule has 3 aliphatic rings. The van der Waals surface area contributed by atoms with Crippen LogP contribution in [0.25, 0.3) is 10.4 Å². The second kappa shape index (κ2) is 20.9. The summed E-state index contributed by atoms with van der Waals surface area (Å²) in [5.74, 6) is -0.870. The lowest BCUT2D eigenvalue weighted by molar-refractivity contribution is -0.373. The predicted molar refractivity (Wildman–Crippen MR) is 216 cm³/mol. The number of hydrogen-bond donors (Lipinski definition) is 0. The van der Waals surface area contributed by atoms with Crippen LogP contribution in [0.3, 0.4) is 0 Å². The van der Waals surface area contributed by atoms with Crippen molar-refractivity contribution < 1.29 is 61.7 Å². The maximum absolute atomic E-state index is 13.8. The molecule has 3 aliphatic heterocycles. The van der Waals surface area contributed by atoms with Crippen molar-refractivity contribution in [2.45, 2.75) is 101 Å². The van der Waals surface area contributed by atoms with Gasteiger partial charge in [0, 0.05) is 10.5 Å². The van der Waals surface area contributed by atoms with Crippen LogP contribution >= 0.6 is 0 Å². The van der Waals surface area contributed by atoms with E-state index in [2.05, 4.69) is 10.0 Å². The molecule has 16 nitrogen and oxygen atoms in total. The van der Waals surface area contributed by atoms with Crippen LogP contribution in [0.4, 0.5) is 0 Å². The Labute approximate surface area is 353 Å². The lowest BCUT2D eigenvalue weighted by Gasteiger charge is -2.50. The van der Waals surface area contributed by atoms with E-state index in [0.29, 0.717) is 11.3 Å². The Bertz CT molecular complexity index is 2060. The minimum Gasteiger partial charge on any atom is -0.497 e. The van der Waals surface area contributed by atoms with E-state index in [0.717, 1.165) is 11.1 Å². The number of fused-ring (bicyclic) bond motifs is 1. The van der Waals surface area contributed by atoms with Crippen LogP contribution in [0.1, 0.15) is 47.2 Å². The number of nitrogens with zero attached hydrogens (tertiary/aromatic N) is 3. The van der Waals surface area contributed by atoms with E-state index >= 15 is 0 Å². The van der Waals surface area contributed by atoms with Crippen LogP contribution in [0.5, 0.6) is 5.75 Å².